The summed E-state index contributed by atoms with van der Waals surface area (Å²) in [5, 5.41) is 3.99. The van der Waals surface area contributed by atoms with E-state index in [0.29, 0.717) is 5.89 Å². The summed E-state index contributed by atoms with van der Waals surface area (Å²) < 4.78 is 5.12. The van der Waals surface area contributed by atoms with Crippen LogP contribution in [-0.2, 0) is 13.0 Å². The zero-order valence-corrected chi connectivity index (χ0v) is 10.9. The van der Waals surface area contributed by atoms with Gasteiger partial charge in [0.2, 0.25) is 5.89 Å². The first kappa shape index (κ1) is 12.5. The van der Waals surface area contributed by atoms with Gasteiger partial charge < -0.3 is 10.3 Å². The lowest BCUT2D eigenvalue weighted by Crippen LogP contribution is -2.52. The molecule has 5 nitrogen and oxygen atoms in total. The smallest absolute Gasteiger partial charge is 0.226 e. The van der Waals surface area contributed by atoms with Gasteiger partial charge in [-0.1, -0.05) is 25.9 Å². The van der Waals surface area contributed by atoms with Gasteiger partial charge in [0.25, 0.3) is 0 Å². The summed E-state index contributed by atoms with van der Waals surface area (Å²) in [6.45, 7) is 9.22. The van der Waals surface area contributed by atoms with Gasteiger partial charge in [0, 0.05) is 25.6 Å². The van der Waals surface area contributed by atoms with Gasteiger partial charge in [0.1, 0.15) is 0 Å². The summed E-state index contributed by atoms with van der Waals surface area (Å²) in [6, 6.07) is 0.287. The molecule has 1 saturated heterocycles. The van der Waals surface area contributed by atoms with Gasteiger partial charge in [-0.3, -0.25) is 4.90 Å². The molecule has 2 heterocycles. The highest BCUT2D eigenvalue weighted by molar-refractivity contribution is 4.92. The molecule has 2 N–H and O–H groups in total. The average molecular weight is 238 g/mol. The van der Waals surface area contributed by atoms with E-state index in [1.54, 1.807) is 0 Å². The molecule has 1 unspecified atom stereocenters. The number of hydrogen-bond acceptors (Lipinski definition) is 5. The van der Waals surface area contributed by atoms with Crippen molar-refractivity contribution in [3.05, 3.63) is 11.7 Å². The van der Waals surface area contributed by atoms with Crippen LogP contribution in [0.15, 0.2) is 4.52 Å². The zero-order chi connectivity index (χ0) is 12.5. The predicted octanol–water partition coefficient (Wildman–Crippen LogP) is 1.19. The van der Waals surface area contributed by atoms with E-state index in [1.807, 2.05) is 6.92 Å². The first-order valence-electron chi connectivity index (χ1n) is 6.30. The lowest BCUT2D eigenvalue weighted by atomic mass is 9.80. The molecule has 0 aromatic carbocycles. The van der Waals surface area contributed by atoms with E-state index in [2.05, 4.69) is 28.9 Å². The highest BCUT2D eigenvalue weighted by Gasteiger charge is 2.33. The minimum absolute atomic E-state index is 0.162. The van der Waals surface area contributed by atoms with Gasteiger partial charge in [0.05, 0.1) is 6.54 Å². The van der Waals surface area contributed by atoms with Crippen molar-refractivity contribution in [2.24, 2.45) is 11.1 Å². The van der Waals surface area contributed by atoms with Crippen LogP contribution in [0.25, 0.3) is 0 Å². The first-order valence-corrected chi connectivity index (χ1v) is 6.30. The quantitative estimate of drug-likeness (QED) is 0.856. The van der Waals surface area contributed by atoms with Crippen LogP contribution in [0.5, 0.6) is 0 Å². The molecule has 96 valence electrons. The summed E-state index contributed by atoms with van der Waals surface area (Å²) in [7, 11) is 0. The lowest BCUT2D eigenvalue weighted by Gasteiger charge is -2.42. The summed E-state index contributed by atoms with van der Waals surface area (Å²) in [6.07, 6.45) is 1.83. The Morgan fingerprint density at radius 3 is 2.88 bits per heavy atom. The van der Waals surface area contributed by atoms with Crippen LogP contribution in [0.3, 0.4) is 0 Å². The zero-order valence-electron chi connectivity index (χ0n) is 10.9. The van der Waals surface area contributed by atoms with Gasteiger partial charge in [-0.2, -0.15) is 4.98 Å². The topological polar surface area (TPSA) is 68.2 Å². The Morgan fingerprint density at radius 2 is 2.29 bits per heavy atom. The monoisotopic (exact) mass is 238 g/mol. The van der Waals surface area contributed by atoms with Crippen molar-refractivity contribution >= 4 is 0 Å². The van der Waals surface area contributed by atoms with E-state index < -0.39 is 0 Å². The maximum absolute atomic E-state index is 6.12. The molecule has 1 fully saturated rings. The van der Waals surface area contributed by atoms with Crippen molar-refractivity contribution < 1.29 is 4.52 Å². The van der Waals surface area contributed by atoms with Crippen molar-refractivity contribution in [3.8, 4) is 0 Å². The molecule has 5 heteroatoms. The molecule has 17 heavy (non-hydrogen) atoms. The largest absolute Gasteiger partial charge is 0.339 e. The third-order valence-electron chi connectivity index (χ3n) is 3.57. The molecule has 0 spiro atoms. The van der Waals surface area contributed by atoms with Crippen LogP contribution in [0.2, 0.25) is 0 Å². The Morgan fingerprint density at radius 1 is 1.53 bits per heavy atom. The number of nitrogens with zero attached hydrogens (tertiary/aromatic N) is 3. The van der Waals surface area contributed by atoms with Crippen LogP contribution < -0.4 is 5.73 Å². The molecule has 1 aliphatic rings. The van der Waals surface area contributed by atoms with Crippen molar-refractivity contribution in [1.29, 1.82) is 0 Å². The summed E-state index contributed by atoms with van der Waals surface area (Å²) in [5.41, 5.74) is 6.28. The number of piperidine rings is 1. The van der Waals surface area contributed by atoms with E-state index >= 15 is 0 Å². The number of nitrogens with two attached hydrogens (primary N) is 1. The SMILES string of the molecule is CCc1nc(CN2CCC(N)C(C)(C)C2)no1. The van der Waals surface area contributed by atoms with Crippen LogP contribution in [0.1, 0.15) is 38.9 Å². The maximum atomic E-state index is 6.12. The van der Waals surface area contributed by atoms with E-state index in [4.69, 9.17) is 10.3 Å². The number of likely N-dealkylation sites (tertiary alicyclic amines) is 1. The highest BCUT2D eigenvalue weighted by Crippen LogP contribution is 2.28. The fourth-order valence-electron chi connectivity index (χ4n) is 2.32. The Bertz CT molecular complexity index is 374. The van der Waals surface area contributed by atoms with Crippen LogP contribution >= 0.6 is 0 Å². The normalized spacial score (nSPS) is 25.1. The molecule has 1 aromatic rings. The first-order chi connectivity index (χ1) is 8.01. The van der Waals surface area contributed by atoms with Gasteiger partial charge in [-0.15, -0.1) is 0 Å². The molecule has 1 aromatic heterocycles. The third kappa shape index (κ3) is 2.84. The molecule has 1 aliphatic heterocycles. The van der Waals surface area contributed by atoms with Gasteiger partial charge in [0.15, 0.2) is 5.82 Å². The number of hydrogen-bond donors (Lipinski definition) is 1. The molecule has 0 radical (unpaired) electrons. The summed E-state index contributed by atoms with van der Waals surface area (Å²) in [4.78, 5) is 6.69. The standard InChI is InChI=1S/C12H22N4O/c1-4-11-14-10(15-17-11)7-16-6-5-9(13)12(2,3)8-16/h9H,4-8,13H2,1-3H3. The second-order valence-electron chi connectivity index (χ2n) is 5.55. The fourth-order valence-corrected chi connectivity index (χ4v) is 2.32. The average Bonchev–Trinajstić information content (AvgIpc) is 2.71. The summed E-state index contributed by atoms with van der Waals surface area (Å²) >= 11 is 0. The van der Waals surface area contributed by atoms with Gasteiger partial charge in [-0.05, 0) is 11.8 Å². The van der Waals surface area contributed by atoms with Crippen LogP contribution in [0.4, 0.5) is 0 Å². The fraction of sp³-hybridized carbons (Fsp3) is 0.833. The second kappa shape index (κ2) is 4.74. The lowest BCUT2D eigenvalue weighted by molar-refractivity contribution is 0.0872. The molecular weight excluding hydrogens is 216 g/mol. The van der Waals surface area contributed by atoms with Crippen molar-refractivity contribution in [2.75, 3.05) is 13.1 Å². The Labute approximate surface area is 102 Å². The predicted molar refractivity (Wildman–Crippen MR) is 65.3 cm³/mol. The van der Waals surface area contributed by atoms with Crippen molar-refractivity contribution in [3.63, 3.8) is 0 Å². The maximum Gasteiger partial charge on any atom is 0.226 e. The minimum atomic E-state index is 0.162. The van der Waals surface area contributed by atoms with Gasteiger partial charge in [-0.25, -0.2) is 0 Å². The third-order valence-corrected chi connectivity index (χ3v) is 3.57. The van der Waals surface area contributed by atoms with E-state index in [9.17, 15) is 0 Å². The molecule has 0 amide bonds. The van der Waals surface area contributed by atoms with E-state index in [0.717, 1.165) is 38.3 Å². The molecule has 2 rings (SSSR count). The highest BCUT2D eigenvalue weighted by atomic mass is 16.5. The number of aryl methyl sites for hydroxylation is 1. The Balaban J connectivity index is 1.96. The number of aromatic nitrogens is 2. The van der Waals surface area contributed by atoms with Crippen LogP contribution in [-0.4, -0.2) is 34.2 Å². The van der Waals surface area contributed by atoms with Gasteiger partial charge >= 0.3 is 0 Å². The second-order valence-corrected chi connectivity index (χ2v) is 5.55. The number of rotatable bonds is 3. The molecule has 0 bridgehead atoms. The van der Waals surface area contributed by atoms with E-state index in [-0.39, 0.29) is 11.5 Å². The molecule has 0 aliphatic carbocycles. The Hall–Kier alpha value is -0.940. The van der Waals surface area contributed by atoms with Crippen LogP contribution in [0, 0.1) is 5.41 Å². The summed E-state index contributed by atoms with van der Waals surface area (Å²) in [5.74, 6) is 1.50. The molecule has 0 saturated carbocycles. The van der Waals surface area contributed by atoms with Crippen molar-refractivity contribution in [1.82, 2.24) is 15.0 Å². The molecular formula is C12H22N4O. The molecule has 1 atom stereocenters. The Kier molecular flexibility index (Phi) is 3.49. The van der Waals surface area contributed by atoms with Crippen molar-refractivity contribution in [2.45, 2.75) is 46.2 Å². The van der Waals surface area contributed by atoms with E-state index in [1.165, 1.54) is 0 Å². The minimum Gasteiger partial charge on any atom is -0.339 e.